The van der Waals surface area contributed by atoms with E-state index in [0.29, 0.717) is 0 Å². The van der Waals surface area contributed by atoms with Crippen LogP contribution in [0.2, 0.25) is 0 Å². The topological polar surface area (TPSA) is 68.3 Å². The summed E-state index contributed by atoms with van der Waals surface area (Å²) in [5.74, 6) is -0.962. The van der Waals surface area contributed by atoms with Gasteiger partial charge in [-0.1, -0.05) is 36.4 Å². The van der Waals surface area contributed by atoms with Crippen molar-refractivity contribution in [2.45, 2.75) is 21.5 Å². The van der Waals surface area contributed by atoms with Crippen LogP contribution in [0.4, 0.5) is 8.78 Å². The Labute approximate surface area is 133 Å². The van der Waals surface area contributed by atoms with E-state index < -0.39 is 42.0 Å². The fourth-order valence-corrected chi connectivity index (χ4v) is 4.60. The van der Waals surface area contributed by atoms with Gasteiger partial charge < -0.3 is 0 Å². The van der Waals surface area contributed by atoms with Crippen molar-refractivity contribution in [3.8, 4) is 0 Å². The predicted molar refractivity (Wildman–Crippen MR) is 81.7 cm³/mol. The molecule has 0 aliphatic carbocycles. The molecule has 0 saturated heterocycles. The van der Waals surface area contributed by atoms with Crippen molar-refractivity contribution in [3.05, 3.63) is 60.7 Å². The molecule has 0 heterocycles. The Bertz CT molecular complexity index is 862. The zero-order valence-corrected chi connectivity index (χ0v) is 13.5. The zero-order chi connectivity index (χ0) is 17.1. The average molecular weight is 360 g/mol. The fourth-order valence-electron chi connectivity index (χ4n) is 1.91. The van der Waals surface area contributed by atoms with Crippen LogP contribution in [0.25, 0.3) is 0 Å². The third-order valence-corrected chi connectivity index (χ3v) is 6.83. The maximum absolute atomic E-state index is 14.1. The zero-order valence-electron chi connectivity index (χ0n) is 11.9. The number of rotatable bonds is 6. The van der Waals surface area contributed by atoms with Crippen LogP contribution in [-0.2, 0) is 19.7 Å². The summed E-state index contributed by atoms with van der Waals surface area (Å²) >= 11 is 0. The molecule has 0 N–H and O–H groups in total. The largest absolute Gasteiger partial charge is 0.351 e. The summed E-state index contributed by atoms with van der Waals surface area (Å²) < 4.78 is 76.1. The molecular weight excluding hydrogens is 346 g/mol. The molecule has 124 valence electrons. The van der Waals surface area contributed by atoms with Gasteiger partial charge in [-0.05, 0) is 24.3 Å². The SMILES string of the molecule is O=S(=O)(CCC(F)(F)S(=O)(=O)c1ccccc1)c1ccccc1. The Hall–Kier alpha value is -1.80. The lowest BCUT2D eigenvalue weighted by molar-refractivity contribution is 0.0885. The molecule has 0 amide bonds. The number of hydrogen-bond acceptors (Lipinski definition) is 4. The molecule has 2 aromatic carbocycles. The lowest BCUT2D eigenvalue weighted by Gasteiger charge is -2.17. The van der Waals surface area contributed by atoms with Gasteiger partial charge in [0, 0.05) is 6.42 Å². The van der Waals surface area contributed by atoms with E-state index >= 15 is 0 Å². The molecule has 0 radical (unpaired) electrons. The maximum atomic E-state index is 14.1. The molecule has 4 nitrogen and oxygen atoms in total. The highest BCUT2D eigenvalue weighted by molar-refractivity contribution is 7.93. The minimum absolute atomic E-state index is 0.118. The van der Waals surface area contributed by atoms with Gasteiger partial charge in [-0.25, -0.2) is 16.8 Å². The smallest absolute Gasteiger partial charge is 0.224 e. The van der Waals surface area contributed by atoms with Crippen LogP contribution in [0.3, 0.4) is 0 Å². The van der Waals surface area contributed by atoms with E-state index in [1.54, 1.807) is 6.07 Å². The predicted octanol–water partition coefficient (Wildman–Crippen LogP) is 2.92. The summed E-state index contributed by atoms with van der Waals surface area (Å²) in [5, 5.41) is -4.17. The highest BCUT2D eigenvalue weighted by atomic mass is 32.2. The number of halogens is 2. The minimum Gasteiger partial charge on any atom is -0.224 e. The summed E-state index contributed by atoms with van der Waals surface area (Å²) in [6, 6.07) is 13.3. The molecule has 0 atom stereocenters. The molecular formula is C15H14F2O4S2. The fraction of sp³-hybridized carbons (Fsp3) is 0.200. The van der Waals surface area contributed by atoms with Crippen molar-refractivity contribution in [1.29, 1.82) is 0 Å². The maximum Gasteiger partial charge on any atom is 0.351 e. The Morgan fingerprint density at radius 3 is 1.65 bits per heavy atom. The quantitative estimate of drug-likeness (QED) is 0.794. The average Bonchev–Trinajstić information content (AvgIpc) is 2.55. The second kappa shape index (κ2) is 6.37. The van der Waals surface area contributed by atoms with E-state index in [9.17, 15) is 25.6 Å². The Kier molecular flexibility index (Phi) is 4.86. The van der Waals surface area contributed by atoms with Crippen LogP contribution in [0, 0.1) is 0 Å². The van der Waals surface area contributed by atoms with Crippen LogP contribution in [0.1, 0.15) is 6.42 Å². The van der Waals surface area contributed by atoms with Crippen molar-refractivity contribution < 1.29 is 25.6 Å². The molecule has 8 heteroatoms. The number of benzene rings is 2. The van der Waals surface area contributed by atoms with E-state index in [0.717, 1.165) is 12.1 Å². The van der Waals surface area contributed by atoms with E-state index in [-0.39, 0.29) is 4.90 Å². The van der Waals surface area contributed by atoms with Crippen molar-refractivity contribution in [3.63, 3.8) is 0 Å². The van der Waals surface area contributed by atoms with E-state index in [1.165, 1.54) is 42.5 Å². The lowest BCUT2D eigenvalue weighted by atomic mass is 10.4. The third kappa shape index (κ3) is 3.76. The standard InChI is InChI=1S/C15H14F2O4S2/c16-15(17,23(20,21)14-9-5-2-6-10-14)11-12-22(18,19)13-7-3-1-4-8-13/h1-10H,11-12H2. The molecule has 0 unspecified atom stereocenters. The van der Waals surface area contributed by atoms with Gasteiger partial charge in [0.25, 0.3) is 0 Å². The van der Waals surface area contributed by atoms with Crippen LogP contribution in [-0.4, -0.2) is 27.8 Å². The number of alkyl halides is 2. The summed E-state index contributed by atoms with van der Waals surface area (Å²) in [6.07, 6.45) is -1.30. The molecule has 2 aromatic rings. The number of sulfone groups is 2. The van der Waals surface area contributed by atoms with Crippen molar-refractivity contribution in [2.75, 3.05) is 5.75 Å². The van der Waals surface area contributed by atoms with E-state index in [4.69, 9.17) is 0 Å². The summed E-state index contributed by atoms with van der Waals surface area (Å²) in [6.45, 7) is 0. The highest BCUT2D eigenvalue weighted by Crippen LogP contribution is 2.33. The monoisotopic (exact) mass is 360 g/mol. The Balaban J connectivity index is 2.22. The third-order valence-electron chi connectivity index (χ3n) is 3.21. The first kappa shape index (κ1) is 17.6. The first-order chi connectivity index (χ1) is 10.7. The molecule has 0 fully saturated rings. The molecule has 0 aromatic heterocycles. The molecule has 0 aliphatic heterocycles. The second-order valence-electron chi connectivity index (χ2n) is 4.84. The van der Waals surface area contributed by atoms with Gasteiger partial charge in [-0.15, -0.1) is 0 Å². The molecule has 0 spiro atoms. The summed E-state index contributed by atoms with van der Waals surface area (Å²) in [5.41, 5.74) is 0. The van der Waals surface area contributed by atoms with Gasteiger partial charge in [0.15, 0.2) is 9.84 Å². The normalized spacial score (nSPS) is 13.0. The Morgan fingerprint density at radius 1 is 0.739 bits per heavy atom. The van der Waals surface area contributed by atoms with Crippen LogP contribution >= 0.6 is 0 Å². The molecule has 23 heavy (non-hydrogen) atoms. The van der Waals surface area contributed by atoms with Crippen molar-refractivity contribution in [1.82, 2.24) is 0 Å². The molecule has 0 saturated carbocycles. The minimum atomic E-state index is -4.94. The van der Waals surface area contributed by atoms with Crippen LogP contribution < -0.4 is 0 Å². The van der Waals surface area contributed by atoms with Crippen LogP contribution in [0.15, 0.2) is 70.5 Å². The molecule has 0 bridgehead atoms. The van der Waals surface area contributed by atoms with Gasteiger partial charge >= 0.3 is 5.25 Å². The van der Waals surface area contributed by atoms with Crippen molar-refractivity contribution >= 4 is 19.7 Å². The van der Waals surface area contributed by atoms with Gasteiger partial charge in [0.05, 0.1) is 15.5 Å². The Morgan fingerprint density at radius 2 is 1.17 bits per heavy atom. The van der Waals surface area contributed by atoms with E-state index in [1.807, 2.05) is 0 Å². The molecule has 0 aliphatic rings. The van der Waals surface area contributed by atoms with Gasteiger partial charge in [0.2, 0.25) is 9.84 Å². The van der Waals surface area contributed by atoms with Gasteiger partial charge in [0.1, 0.15) is 0 Å². The summed E-state index contributed by atoms with van der Waals surface area (Å²) in [7, 11) is -8.92. The van der Waals surface area contributed by atoms with Crippen LogP contribution in [0.5, 0.6) is 0 Å². The first-order valence-electron chi connectivity index (χ1n) is 6.62. The molecule has 2 rings (SSSR count). The number of hydrogen-bond donors (Lipinski definition) is 0. The second-order valence-corrected chi connectivity index (χ2v) is 9.02. The van der Waals surface area contributed by atoms with E-state index in [2.05, 4.69) is 0 Å². The van der Waals surface area contributed by atoms with Gasteiger partial charge in [-0.3, -0.25) is 0 Å². The highest BCUT2D eigenvalue weighted by Gasteiger charge is 2.46. The summed E-state index contributed by atoms with van der Waals surface area (Å²) in [4.78, 5) is -0.657. The first-order valence-corrected chi connectivity index (χ1v) is 9.76. The van der Waals surface area contributed by atoms with Crippen molar-refractivity contribution in [2.24, 2.45) is 0 Å². The van der Waals surface area contributed by atoms with Gasteiger partial charge in [-0.2, -0.15) is 8.78 Å². The lowest BCUT2D eigenvalue weighted by Crippen LogP contribution is -2.31.